The third-order valence-corrected chi connectivity index (χ3v) is 5.20. The van der Waals surface area contributed by atoms with Crippen LogP contribution < -0.4 is 10.2 Å². The second-order valence-corrected chi connectivity index (χ2v) is 7.24. The van der Waals surface area contributed by atoms with Crippen LogP contribution in [0.5, 0.6) is 0 Å². The van der Waals surface area contributed by atoms with E-state index in [-0.39, 0.29) is 22.6 Å². The van der Waals surface area contributed by atoms with E-state index < -0.39 is 0 Å². The summed E-state index contributed by atoms with van der Waals surface area (Å²) in [6.45, 7) is 7.89. The molecule has 25 heavy (non-hydrogen) atoms. The van der Waals surface area contributed by atoms with Gasteiger partial charge in [-0.3, -0.25) is 14.9 Å². The van der Waals surface area contributed by atoms with E-state index in [9.17, 15) is 14.9 Å². The summed E-state index contributed by atoms with van der Waals surface area (Å²) >= 11 is 0. The number of nitro groups is 1. The first-order chi connectivity index (χ1) is 12.0. The Morgan fingerprint density at radius 2 is 1.96 bits per heavy atom. The molecule has 1 unspecified atom stereocenters. The van der Waals surface area contributed by atoms with Gasteiger partial charge in [0.1, 0.15) is 5.69 Å². The Hall–Kier alpha value is -2.15. The Morgan fingerprint density at radius 1 is 1.24 bits per heavy atom. The molecule has 136 valence electrons. The van der Waals surface area contributed by atoms with Crippen LogP contribution in [-0.4, -0.2) is 54.5 Å². The molecule has 1 aromatic carbocycles. The summed E-state index contributed by atoms with van der Waals surface area (Å²) in [5.41, 5.74) is 1.06. The standard InChI is InChI=1S/C18H26N4O3/c1-13-5-8-20(9-6-13)16-4-3-15(11-17(16)22(24)25)18(23)21-10-7-19-14(2)12-21/h3-4,11,13-14,19H,5-10,12H2,1-2H3. The SMILES string of the molecule is CC1CCN(c2ccc(C(=O)N3CCNC(C)C3)cc2[N+](=O)[O-])CC1. The fourth-order valence-corrected chi connectivity index (χ4v) is 3.62. The monoisotopic (exact) mass is 346 g/mol. The van der Waals surface area contributed by atoms with Crippen LogP contribution >= 0.6 is 0 Å². The molecule has 2 aliphatic heterocycles. The van der Waals surface area contributed by atoms with Crippen molar-refractivity contribution < 1.29 is 9.72 Å². The van der Waals surface area contributed by atoms with Gasteiger partial charge in [0.2, 0.25) is 0 Å². The van der Waals surface area contributed by atoms with Gasteiger partial charge in [0.15, 0.2) is 0 Å². The number of nitro benzene ring substituents is 1. The van der Waals surface area contributed by atoms with Crippen LogP contribution in [0.1, 0.15) is 37.0 Å². The largest absolute Gasteiger partial charge is 0.366 e. The molecule has 2 saturated heterocycles. The third-order valence-electron chi connectivity index (χ3n) is 5.20. The highest BCUT2D eigenvalue weighted by Gasteiger charge is 2.27. The number of piperidine rings is 1. The lowest BCUT2D eigenvalue weighted by molar-refractivity contribution is -0.384. The van der Waals surface area contributed by atoms with Crippen LogP contribution in [0.15, 0.2) is 18.2 Å². The Labute approximate surface area is 148 Å². The van der Waals surface area contributed by atoms with E-state index in [1.165, 1.54) is 6.07 Å². The van der Waals surface area contributed by atoms with Crippen molar-refractivity contribution in [3.05, 3.63) is 33.9 Å². The maximum atomic E-state index is 12.7. The van der Waals surface area contributed by atoms with Gasteiger partial charge in [-0.25, -0.2) is 0 Å². The summed E-state index contributed by atoms with van der Waals surface area (Å²) in [5, 5.41) is 14.9. The molecule has 0 saturated carbocycles. The molecule has 0 spiro atoms. The Bertz CT molecular complexity index is 656. The number of hydrogen-bond acceptors (Lipinski definition) is 5. The molecule has 7 heteroatoms. The molecule has 1 aromatic rings. The van der Waals surface area contributed by atoms with Crippen molar-refractivity contribution in [2.75, 3.05) is 37.6 Å². The molecule has 0 aliphatic carbocycles. The number of carbonyl (C=O) groups excluding carboxylic acids is 1. The average Bonchev–Trinajstić information content (AvgIpc) is 2.61. The van der Waals surface area contributed by atoms with E-state index in [1.54, 1.807) is 17.0 Å². The quantitative estimate of drug-likeness (QED) is 0.671. The zero-order chi connectivity index (χ0) is 18.0. The minimum atomic E-state index is -0.371. The van der Waals surface area contributed by atoms with Gasteiger partial charge in [-0.05, 0) is 37.8 Å². The lowest BCUT2D eigenvalue weighted by Gasteiger charge is -2.33. The smallest absolute Gasteiger partial charge is 0.293 e. The number of hydrogen-bond donors (Lipinski definition) is 1. The van der Waals surface area contributed by atoms with Gasteiger partial charge in [0.25, 0.3) is 11.6 Å². The summed E-state index contributed by atoms with van der Waals surface area (Å²) < 4.78 is 0. The van der Waals surface area contributed by atoms with Crippen LogP contribution in [-0.2, 0) is 0 Å². The fraction of sp³-hybridized carbons (Fsp3) is 0.611. The predicted molar refractivity (Wildman–Crippen MR) is 97.1 cm³/mol. The summed E-state index contributed by atoms with van der Waals surface area (Å²) in [6, 6.07) is 5.16. The molecule has 2 aliphatic rings. The topological polar surface area (TPSA) is 78.7 Å². The van der Waals surface area contributed by atoms with Crippen molar-refractivity contribution in [1.29, 1.82) is 0 Å². The summed E-state index contributed by atoms with van der Waals surface area (Å²) in [6.07, 6.45) is 2.08. The third kappa shape index (κ3) is 3.92. The molecule has 3 rings (SSSR count). The molecule has 0 bridgehead atoms. The van der Waals surface area contributed by atoms with Crippen LogP contribution in [0.25, 0.3) is 0 Å². The predicted octanol–water partition coefficient (Wildman–Crippen LogP) is 2.27. The van der Waals surface area contributed by atoms with E-state index in [0.717, 1.165) is 32.5 Å². The molecular formula is C18H26N4O3. The lowest BCUT2D eigenvalue weighted by atomic mass is 9.98. The maximum absolute atomic E-state index is 12.7. The first-order valence-corrected chi connectivity index (χ1v) is 9.01. The first kappa shape index (κ1) is 17.7. The van der Waals surface area contributed by atoms with Crippen molar-refractivity contribution in [2.24, 2.45) is 5.92 Å². The van der Waals surface area contributed by atoms with Gasteiger partial charge >= 0.3 is 0 Å². The van der Waals surface area contributed by atoms with Crippen molar-refractivity contribution in [3.63, 3.8) is 0 Å². The van der Waals surface area contributed by atoms with Gasteiger partial charge in [-0.15, -0.1) is 0 Å². The zero-order valence-electron chi connectivity index (χ0n) is 14.9. The van der Waals surface area contributed by atoms with Crippen LogP contribution in [0.3, 0.4) is 0 Å². The zero-order valence-corrected chi connectivity index (χ0v) is 14.9. The van der Waals surface area contributed by atoms with E-state index in [4.69, 9.17) is 0 Å². The number of nitrogens with one attached hydrogen (secondary N) is 1. The van der Waals surface area contributed by atoms with Gasteiger partial charge in [0.05, 0.1) is 4.92 Å². The number of benzene rings is 1. The Balaban J connectivity index is 1.83. The Kier molecular flexibility index (Phi) is 5.22. The lowest BCUT2D eigenvalue weighted by Crippen LogP contribution is -2.51. The van der Waals surface area contributed by atoms with Crippen molar-refractivity contribution in [3.8, 4) is 0 Å². The van der Waals surface area contributed by atoms with Crippen molar-refractivity contribution >= 4 is 17.3 Å². The average molecular weight is 346 g/mol. The van der Waals surface area contributed by atoms with E-state index in [2.05, 4.69) is 17.1 Å². The fourth-order valence-electron chi connectivity index (χ4n) is 3.62. The second kappa shape index (κ2) is 7.39. The number of amides is 1. The molecular weight excluding hydrogens is 320 g/mol. The molecule has 0 radical (unpaired) electrons. The molecule has 7 nitrogen and oxygen atoms in total. The van der Waals surface area contributed by atoms with Crippen molar-refractivity contribution in [2.45, 2.75) is 32.7 Å². The summed E-state index contributed by atoms with van der Waals surface area (Å²) in [5.74, 6) is 0.529. The van der Waals surface area contributed by atoms with Gasteiger partial charge in [-0.2, -0.15) is 0 Å². The minimum Gasteiger partial charge on any atom is -0.366 e. The van der Waals surface area contributed by atoms with Gasteiger partial charge in [-0.1, -0.05) is 6.92 Å². The molecule has 1 atom stereocenters. The highest BCUT2D eigenvalue weighted by molar-refractivity contribution is 5.96. The van der Waals surface area contributed by atoms with Crippen LogP contribution in [0.2, 0.25) is 0 Å². The molecule has 1 amide bonds. The summed E-state index contributed by atoms with van der Waals surface area (Å²) in [7, 11) is 0. The summed E-state index contributed by atoms with van der Waals surface area (Å²) in [4.78, 5) is 27.8. The van der Waals surface area contributed by atoms with Crippen LogP contribution in [0.4, 0.5) is 11.4 Å². The van der Waals surface area contributed by atoms with Gasteiger partial charge in [0, 0.05) is 50.4 Å². The second-order valence-electron chi connectivity index (χ2n) is 7.24. The number of nitrogens with zero attached hydrogens (tertiary/aromatic N) is 3. The molecule has 0 aromatic heterocycles. The number of rotatable bonds is 3. The number of anilines is 1. The van der Waals surface area contributed by atoms with Crippen LogP contribution in [0, 0.1) is 16.0 Å². The Morgan fingerprint density at radius 3 is 2.60 bits per heavy atom. The van der Waals surface area contributed by atoms with E-state index in [1.807, 2.05) is 6.92 Å². The molecule has 2 fully saturated rings. The minimum absolute atomic E-state index is 0.0311. The number of carbonyl (C=O) groups is 1. The highest BCUT2D eigenvalue weighted by Crippen LogP contribution is 2.32. The maximum Gasteiger partial charge on any atom is 0.293 e. The highest BCUT2D eigenvalue weighted by atomic mass is 16.6. The van der Waals surface area contributed by atoms with Crippen molar-refractivity contribution in [1.82, 2.24) is 10.2 Å². The first-order valence-electron chi connectivity index (χ1n) is 9.01. The molecule has 2 heterocycles. The van der Waals surface area contributed by atoms with E-state index >= 15 is 0 Å². The normalized spacial score (nSPS) is 22.1. The van der Waals surface area contributed by atoms with E-state index in [0.29, 0.717) is 30.3 Å². The molecule has 1 N–H and O–H groups in total. The number of piperazine rings is 1. The van der Waals surface area contributed by atoms with Gasteiger partial charge < -0.3 is 15.1 Å².